The maximum Gasteiger partial charge on any atom is 0.00669 e. The minimum atomic E-state index is 0.751. The lowest BCUT2D eigenvalue weighted by atomic mass is 9.84. The molecule has 1 nitrogen and oxygen atoms in total. The lowest BCUT2D eigenvalue weighted by molar-refractivity contribution is 0.281. The average Bonchev–Trinajstić information content (AvgIpc) is 2.38. The number of hydrogen-bond donors (Lipinski definition) is 1. The Morgan fingerprint density at radius 1 is 1.06 bits per heavy atom. The van der Waals surface area contributed by atoms with Crippen molar-refractivity contribution in [3.8, 4) is 0 Å². The molecule has 0 aromatic heterocycles. The van der Waals surface area contributed by atoms with Crippen molar-refractivity contribution in [3.63, 3.8) is 0 Å². The fourth-order valence-corrected chi connectivity index (χ4v) is 3.35. The van der Waals surface area contributed by atoms with E-state index >= 15 is 0 Å². The highest BCUT2D eigenvalue weighted by Crippen LogP contribution is 2.26. The van der Waals surface area contributed by atoms with E-state index < -0.39 is 0 Å². The van der Waals surface area contributed by atoms with E-state index in [-0.39, 0.29) is 0 Å². The first-order valence-corrected chi connectivity index (χ1v) is 8.96. The monoisotopic (exact) mass is 257 g/mol. The third kappa shape index (κ3) is 7.35. The van der Waals surface area contributed by atoms with Crippen molar-refractivity contribution in [2.24, 2.45) is 5.92 Å². The molecule has 0 amide bonds. The fourth-order valence-electron chi connectivity index (χ4n) is 2.86. The Hall–Kier alpha value is 0.310. The van der Waals surface area contributed by atoms with Gasteiger partial charge >= 0.3 is 0 Å². The second-order valence-electron chi connectivity index (χ2n) is 5.55. The third-order valence-electron chi connectivity index (χ3n) is 4.10. The molecular weight excluding hydrogens is 226 g/mol. The van der Waals surface area contributed by atoms with Crippen LogP contribution in [0.3, 0.4) is 0 Å². The molecule has 0 radical (unpaired) electrons. The van der Waals surface area contributed by atoms with Crippen LogP contribution in [0.15, 0.2) is 0 Å². The molecule has 1 unspecified atom stereocenters. The van der Waals surface area contributed by atoms with Gasteiger partial charge in [0.1, 0.15) is 0 Å². The lowest BCUT2D eigenvalue weighted by Crippen LogP contribution is -2.35. The minimum absolute atomic E-state index is 0.751. The summed E-state index contributed by atoms with van der Waals surface area (Å²) in [5, 5.41) is 3.74. The highest BCUT2D eigenvalue weighted by atomic mass is 32.2. The van der Waals surface area contributed by atoms with Crippen LogP contribution in [0.1, 0.15) is 64.7 Å². The highest BCUT2D eigenvalue weighted by Gasteiger charge is 2.18. The summed E-state index contributed by atoms with van der Waals surface area (Å²) in [7, 11) is 0. The largest absolute Gasteiger partial charge is 0.314 e. The molecule has 0 bridgehead atoms. The molecule has 0 spiro atoms. The molecule has 1 aliphatic rings. The molecule has 2 heteroatoms. The topological polar surface area (TPSA) is 12.0 Å². The van der Waals surface area contributed by atoms with Crippen LogP contribution in [0, 0.1) is 5.92 Å². The summed E-state index contributed by atoms with van der Waals surface area (Å²) >= 11 is 1.97. The summed E-state index contributed by atoms with van der Waals surface area (Å²) in [4.78, 5) is 0. The zero-order chi connectivity index (χ0) is 12.3. The van der Waals surface area contributed by atoms with Gasteiger partial charge in [-0.25, -0.2) is 0 Å². The smallest absolute Gasteiger partial charge is 0.00669 e. The molecule has 1 saturated carbocycles. The Morgan fingerprint density at radius 2 is 1.76 bits per heavy atom. The van der Waals surface area contributed by atoms with E-state index in [4.69, 9.17) is 0 Å². The molecule has 0 aromatic rings. The normalized spacial score (nSPS) is 19.4. The van der Waals surface area contributed by atoms with Crippen LogP contribution in [-0.4, -0.2) is 24.6 Å². The van der Waals surface area contributed by atoms with Crippen molar-refractivity contribution in [2.75, 3.05) is 18.6 Å². The van der Waals surface area contributed by atoms with Crippen LogP contribution in [-0.2, 0) is 0 Å². The van der Waals surface area contributed by atoms with Gasteiger partial charge in [-0.2, -0.15) is 11.8 Å². The molecule has 0 heterocycles. The standard InChI is InChI=1S/C15H31NS/c1-14(15-10-6-5-7-11-15)16-12-8-3-4-9-13-17-2/h14-16H,3-13H2,1-2H3. The van der Waals surface area contributed by atoms with Crippen molar-refractivity contribution in [1.29, 1.82) is 0 Å². The Balaban J connectivity index is 1.90. The molecule has 102 valence electrons. The van der Waals surface area contributed by atoms with E-state index in [0.29, 0.717) is 0 Å². The summed E-state index contributed by atoms with van der Waals surface area (Å²) in [5.41, 5.74) is 0. The van der Waals surface area contributed by atoms with Gasteiger partial charge in [-0.3, -0.25) is 0 Å². The molecule has 1 N–H and O–H groups in total. The van der Waals surface area contributed by atoms with Gasteiger partial charge < -0.3 is 5.32 Å². The van der Waals surface area contributed by atoms with Gasteiger partial charge in [0, 0.05) is 6.04 Å². The molecule has 1 atom stereocenters. The maximum absolute atomic E-state index is 3.74. The second-order valence-corrected chi connectivity index (χ2v) is 6.53. The molecule has 0 aliphatic heterocycles. The molecule has 0 saturated heterocycles. The van der Waals surface area contributed by atoms with Crippen LogP contribution < -0.4 is 5.32 Å². The van der Waals surface area contributed by atoms with E-state index in [1.54, 1.807) is 0 Å². The molecule has 17 heavy (non-hydrogen) atoms. The summed E-state index contributed by atoms with van der Waals surface area (Å²) in [5.74, 6) is 2.30. The van der Waals surface area contributed by atoms with Crippen LogP contribution in [0.2, 0.25) is 0 Å². The van der Waals surface area contributed by atoms with Crippen molar-refractivity contribution in [3.05, 3.63) is 0 Å². The van der Waals surface area contributed by atoms with Gasteiger partial charge in [0.15, 0.2) is 0 Å². The zero-order valence-electron chi connectivity index (χ0n) is 11.8. The summed E-state index contributed by atoms with van der Waals surface area (Å²) in [6, 6.07) is 0.751. The van der Waals surface area contributed by atoms with Crippen LogP contribution in [0.4, 0.5) is 0 Å². The lowest BCUT2D eigenvalue weighted by Gasteiger charge is -2.28. The number of nitrogens with one attached hydrogen (secondary N) is 1. The maximum atomic E-state index is 3.74. The van der Waals surface area contributed by atoms with E-state index in [2.05, 4.69) is 18.5 Å². The fraction of sp³-hybridized carbons (Fsp3) is 1.00. The summed E-state index contributed by atoms with van der Waals surface area (Å²) in [6.45, 7) is 3.63. The zero-order valence-corrected chi connectivity index (χ0v) is 12.7. The van der Waals surface area contributed by atoms with Crippen LogP contribution in [0.5, 0.6) is 0 Å². The highest BCUT2D eigenvalue weighted by molar-refractivity contribution is 7.98. The number of thioether (sulfide) groups is 1. The Morgan fingerprint density at radius 3 is 2.47 bits per heavy atom. The predicted octanol–water partition coefficient (Wildman–Crippen LogP) is 4.47. The average molecular weight is 257 g/mol. The van der Waals surface area contributed by atoms with Gasteiger partial charge in [0.05, 0.1) is 0 Å². The predicted molar refractivity (Wildman–Crippen MR) is 80.9 cm³/mol. The van der Waals surface area contributed by atoms with Crippen molar-refractivity contribution in [1.82, 2.24) is 5.32 Å². The van der Waals surface area contributed by atoms with Gasteiger partial charge in [-0.05, 0) is 57.1 Å². The molecule has 1 fully saturated rings. The molecular formula is C15H31NS. The SMILES string of the molecule is CSCCCCCCNC(C)C1CCCCC1. The van der Waals surface area contributed by atoms with E-state index in [9.17, 15) is 0 Å². The first-order chi connectivity index (χ1) is 8.34. The Bertz CT molecular complexity index is 166. The van der Waals surface area contributed by atoms with Crippen LogP contribution >= 0.6 is 11.8 Å². The summed E-state index contributed by atoms with van der Waals surface area (Å²) in [6.07, 6.45) is 15.1. The van der Waals surface area contributed by atoms with Crippen molar-refractivity contribution in [2.45, 2.75) is 70.8 Å². The van der Waals surface area contributed by atoms with Gasteiger partial charge in [-0.15, -0.1) is 0 Å². The minimum Gasteiger partial charge on any atom is -0.314 e. The van der Waals surface area contributed by atoms with Crippen LogP contribution in [0.25, 0.3) is 0 Å². The molecule has 1 rings (SSSR count). The number of hydrogen-bond acceptors (Lipinski definition) is 2. The number of unbranched alkanes of at least 4 members (excludes halogenated alkanes) is 3. The Kier molecular flexibility index (Phi) is 9.27. The van der Waals surface area contributed by atoms with Crippen molar-refractivity contribution >= 4 is 11.8 Å². The van der Waals surface area contributed by atoms with E-state index in [1.807, 2.05) is 11.8 Å². The first kappa shape index (κ1) is 15.4. The van der Waals surface area contributed by atoms with E-state index in [0.717, 1.165) is 12.0 Å². The quantitative estimate of drug-likeness (QED) is 0.612. The second kappa shape index (κ2) is 10.3. The number of rotatable bonds is 9. The Labute approximate surface area is 113 Å². The first-order valence-electron chi connectivity index (χ1n) is 7.57. The van der Waals surface area contributed by atoms with Gasteiger partial charge in [-0.1, -0.05) is 32.1 Å². The van der Waals surface area contributed by atoms with Crippen molar-refractivity contribution < 1.29 is 0 Å². The van der Waals surface area contributed by atoms with E-state index in [1.165, 1.54) is 70.1 Å². The van der Waals surface area contributed by atoms with Gasteiger partial charge in [0.2, 0.25) is 0 Å². The summed E-state index contributed by atoms with van der Waals surface area (Å²) < 4.78 is 0. The third-order valence-corrected chi connectivity index (χ3v) is 4.80. The molecule has 0 aromatic carbocycles. The molecule has 1 aliphatic carbocycles. The van der Waals surface area contributed by atoms with Gasteiger partial charge in [0.25, 0.3) is 0 Å².